The molecule has 2 aromatic rings. The lowest BCUT2D eigenvalue weighted by Gasteiger charge is -2.25. The van der Waals surface area contributed by atoms with E-state index in [1.165, 1.54) is 44.9 Å². The predicted octanol–water partition coefficient (Wildman–Crippen LogP) is 5.71. The van der Waals surface area contributed by atoms with Gasteiger partial charge in [-0.2, -0.15) is 0 Å². The number of carbonyl (C=O) groups excluding carboxylic acids is 1. The van der Waals surface area contributed by atoms with Crippen LogP contribution in [0.25, 0.3) is 11.3 Å². The Morgan fingerprint density at radius 3 is 2.56 bits per heavy atom. The molecule has 1 N–H and O–H groups in total. The zero-order valence-electron chi connectivity index (χ0n) is 16.0. The van der Waals surface area contributed by atoms with Gasteiger partial charge >= 0.3 is 0 Å². The number of nitrogens with one attached hydrogen (secondary N) is 1. The fraction of sp³-hybridized carbons (Fsp3) is 0.545. The number of thiazole rings is 1. The van der Waals surface area contributed by atoms with E-state index in [4.69, 9.17) is 4.98 Å². The summed E-state index contributed by atoms with van der Waals surface area (Å²) in [5.74, 6) is 0.896. The molecule has 0 atom stereocenters. The van der Waals surface area contributed by atoms with E-state index in [1.807, 2.05) is 12.1 Å². The van der Waals surface area contributed by atoms with E-state index in [0.717, 1.165) is 47.5 Å². The molecule has 0 bridgehead atoms. The molecule has 0 spiro atoms. The minimum Gasteiger partial charge on any atom is -0.348 e. The highest BCUT2D eigenvalue weighted by Gasteiger charge is 2.17. The Morgan fingerprint density at radius 1 is 1.07 bits per heavy atom. The van der Waals surface area contributed by atoms with Crippen molar-refractivity contribution in [1.29, 1.82) is 0 Å². The van der Waals surface area contributed by atoms with Crippen LogP contribution < -0.4 is 10.2 Å². The molecule has 0 unspecified atom stereocenters. The van der Waals surface area contributed by atoms with Gasteiger partial charge in [-0.3, -0.25) is 4.79 Å². The summed E-state index contributed by atoms with van der Waals surface area (Å²) >= 11 is 1.73. The van der Waals surface area contributed by atoms with Crippen molar-refractivity contribution in [1.82, 2.24) is 4.98 Å². The maximum Gasteiger partial charge on any atom is 0.224 e. The zero-order valence-corrected chi connectivity index (χ0v) is 16.8. The smallest absolute Gasteiger partial charge is 0.224 e. The Hall–Kier alpha value is -1.88. The van der Waals surface area contributed by atoms with E-state index in [-0.39, 0.29) is 5.91 Å². The zero-order chi connectivity index (χ0) is 18.5. The molecule has 4 rings (SSSR count). The first-order chi connectivity index (χ1) is 13.3. The summed E-state index contributed by atoms with van der Waals surface area (Å²) in [4.78, 5) is 19.4. The normalized spacial score (nSPS) is 18.0. The summed E-state index contributed by atoms with van der Waals surface area (Å²) in [6.45, 7) is 2.25. The number of nitrogens with zero attached hydrogens (tertiary/aromatic N) is 2. The lowest BCUT2D eigenvalue weighted by atomic mass is 10.0. The molecule has 5 heteroatoms. The van der Waals surface area contributed by atoms with Crippen LogP contribution in [0.15, 0.2) is 29.6 Å². The molecule has 1 aliphatic heterocycles. The largest absolute Gasteiger partial charge is 0.348 e. The van der Waals surface area contributed by atoms with Crippen LogP contribution in [-0.2, 0) is 4.79 Å². The first-order valence-corrected chi connectivity index (χ1v) is 11.3. The van der Waals surface area contributed by atoms with E-state index in [0.29, 0.717) is 6.42 Å². The molecule has 1 aromatic carbocycles. The van der Waals surface area contributed by atoms with Gasteiger partial charge in [-0.05, 0) is 43.7 Å². The number of carbonyl (C=O) groups is 1. The topological polar surface area (TPSA) is 45.2 Å². The average molecular weight is 384 g/mol. The van der Waals surface area contributed by atoms with Gasteiger partial charge in [0.15, 0.2) is 5.13 Å². The third kappa shape index (κ3) is 4.89. The predicted molar refractivity (Wildman–Crippen MR) is 113 cm³/mol. The van der Waals surface area contributed by atoms with Gasteiger partial charge in [-0.25, -0.2) is 4.98 Å². The number of hydrogen-bond acceptors (Lipinski definition) is 4. The molecule has 27 heavy (non-hydrogen) atoms. The van der Waals surface area contributed by atoms with E-state index >= 15 is 0 Å². The molecular weight excluding hydrogens is 354 g/mol. The van der Waals surface area contributed by atoms with Crippen LogP contribution in [-0.4, -0.2) is 24.0 Å². The SMILES string of the molecule is O=C(CCC1CCCC1)Nc1ccc(-c2csc(N3CCCCC3)n2)cc1. The number of piperidine rings is 1. The number of benzene rings is 1. The molecule has 1 aliphatic carbocycles. The fourth-order valence-corrected chi connectivity index (χ4v) is 5.10. The minimum absolute atomic E-state index is 0.135. The number of amides is 1. The number of aromatic nitrogens is 1. The van der Waals surface area contributed by atoms with E-state index < -0.39 is 0 Å². The highest BCUT2D eigenvalue weighted by atomic mass is 32.1. The summed E-state index contributed by atoms with van der Waals surface area (Å²) < 4.78 is 0. The lowest BCUT2D eigenvalue weighted by molar-refractivity contribution is -0.116. The summed E-state index contributed by atoms with van der Waals surface area (Å²) in [6.07, 6.45) is 10.8. The van der Waals surface area contributed by atoms with Crippen LogP contribution in [0.5, 0.6) is 0 Å². The van der Waals surface area contributed by atoms with Crippen LogP contribution in [0.1, 0.15) is 57.8 Å². The standard InChI is InChI=1S/C22H29N3OS/c26-21(13-8-17-6-2-3-7-17)23-19-11-9-18(10-12-19)20-16-27-22(24-20)25-14-4-1-5-15-25/h9-12,16-17H,1-8,13-15H2,(H,23,26). The van der Waals surface area contributed by atoms with Crippen molar-refractivity contribution in [2.45, 2.75) is 57.8 Å². The van der Waals surface area contributed by atoms with Crippen LogP contribution in [0, 0.1) is 5.92 Å². The van der Waals surface area contributed by atoms with Crippen LogP contribution >= 0.6 is 11.3 Å². The van der Waals surface area contributed by atoms with Crippen molar-refractivity contribution < 1.29 is 4.79 Å². The van der Waals surface area contributed by atoms with Gasteiger partial charge in [0.25, 0.3) is 0 Å². The Balaban J connectivity index is 1.31. The molecule has 2 heterocycles. The molecule has 2 fully saturated rings. The summed E-state index contributed by atoms with van der Waals surface area (Å²) in [5, 5.41) is 6.31. The first kappa shape index (κ1) is 18.5. The van der Waals surface area contributed by atoms with E-state index in [2.05, 4.69) is 27.7 Å². The monoisotopic (exact) mass is 383 g/mol. The highest BCUT2D eigenvalue weighted by molar-refractivity contribution is 7.14. The van der Waals surface area contributed by atoms with Gasteiger partial charge in [0, 0.05) is 36.1 Å². The van der Waals surface area contributed by atoms with Crippen molar-refractivity contribution in [2.24, 2.45) is 5.92 Å². The number of rotatable bonds is 6. The van der Waals surface area contributed by atoms with Gasteiger partial charge < -0.3 is 10.2 Å². The van der Waals surface area contributed by atoms with Crippen LogP contribution in [0.2, 0.25) is 0 Å². The molecule has 1 amide bonds. The maximum absolute atomic E-state index is 12.2. The van der Waals surface area contributed by atoms with Gasteiger partial charge in [-0.15, -0.1) is 11.3 Å². The molecule has 1 aromatic heterocycles. The van der Waals surface area contributed by atoms with Crippen molar-refractivity contribution in [3.05, 3.63) is 29.6 Å². The molecule has 1 saturated carbocycles. The Morgan fingerprint density at radius 2 is 1.81 bits per heavy atom. The highest BCUT2D eigenvalue weighted by Crippen LogP contribution is 2.30. The quantitative estimate of drug-likeness (QED) is 0.695. The number of anilines is 2. The van der Waals surface area contributed by atoms with E-state index in [9.17, 15) is 4.79 Å². The Labute approximate surface area is 166 Å². The molecule has 1 saturated heterocycles. The van der Waals surface area contributed by atoms with Crippen molar-refractivity contribution in [3.63, 3.8) is 0 Å². The van der Waals surface area contributed by atoms with Crippen LogP contribution in [0.3, 0.4) is 0 Å². The second kappa shape index (κ2) is 8.87. The summed E-state index contributed by atoms with van der Waals surface area (Å²) in [5.41, 5.74) is 3.01. The lowest BCUT2D eigenvalue weighted by Crippen LogP contribution is -2.29. The molecule has 0 radical (unpaired) electrons. The Kier molecular flexibility index (Phi) is 6.07. The second-order valence-corrected chi connectivity index (χ2v) is 8.71. The number of hydrogen-bond donors (Lipinski definition) is 1. The van der Waals surface area contributed by atoms with Gasteiger partial charge in [0.2, 0.25) is 5.91 Å². The molecular formula is C22H29N3OS. The van der Waals surface area contributed by atoms with Crippen molar-refractivity contribution in [2.75, 3.05) is 23.3 Å². The third-order valence-corrected chi connectivity index (χ3v) is 6.74. The maximum atomic E-state index is 12.2. The van der Waals surface area contributed by atoms with Gasteiger partial charge in [0.05, 0.1) is 5.69 Å². The summed E-state index contributed by atoms with van der Waals surface area (Å²) in [7, 11) is 0. The van der Waals surface area contributed by atoms with Crippen LogP contribution in [0.4, 0.5) is 10.8 Å². The third-order valence-electron chi connectivity index (χ3n) is 5.84. The van der Waals surface area contributed by atoms with Crippen molar-refractivity contribution in [3.8, 4) is 11.3 Å². The average Bonchev–Trinajstić information content (AvgIpc) is 3.40. The first-order valence-electron chi connectivity index (χ1n) is 10.4. The molecule has 2 aliphatic rings. The van der Waals surface area contributed by atoms with Crippen molar-refractivity contribution >= 4 is 28.1 Å². The Bertz CT molecular complexity index is 743. The molecule has 144 valence electrons. The minimum atomic E-state index is 0.135. The van der Waals surface area contributed by atoms with Gasteiger partial charge in [0.1, 0.15) is 0 Å². The fourth-order valence-electron chi connectivity index (χ4n) is 4.21. The van der Waals surface area contributed by atoms with E-state index in [1.54, 1.807) is 11.3 Å². The molecule has 4 nitrogen and oxygen atoms in total. The van der Waals surface area contributed by atoms with Gasteiger partial charge in [-0.1, -0.05) is 37.8 Å². The summed E-state index contributed by atoms with van der Waals surface area (Å²) in [6, 6.07) is 8.09. The second-order valence-electron chi connectivity index (χ2n) is 7.88.